The van der Waals surface area contributed by atoms with E-state index in [2.05, 4.69) is 5.32 Å². The molecule has 0 aromatic rings. The Morgan fingerprint density at radius 1 is 0.550 bits per heavy atom. The van der Waals surface area contributed by atoms with Gasteiger partial charge in [0.2, 0.25) is 0 Å². The first-order valence-corrected chi connectivity index (χ1v) is 9.66. The Morgan fingerprint density at radius 2 is 1.35 bits per heavy atom. The van der Waals surface area contributed by atoms with E-state index in [0.29, 0.717) is 0 Å². The van der Waals surface area contributed by atoms with Gasteiger partial charge < -0.3 is 5.32 Å². The molecule has 2 bridgehead atoms. The summed E-state index contributed by atoms with van der Waals surface area (Å²) in [6.45, 7) is 0. The zero-order chi connectivity index (χ0) is 13.4. The molecule has 1 heteroatoms. The third-order valence-electron chi connectivity index (χ3n) is 7.24. The molecule has 4 aliphatic carbocycles. The van der Waals surface area contributed by atoms with Crippen molar-refractivity contribution in [2.24, 2.45) is 23.7 Å². The Labute approximate surface area is 125 Å². The summed E-state index contributed by atoms with van der Waals surface area (Å²) in [5.74, 6) is 4.24. The average Bonchev–Trinajstić information content (AvgIpc) is 3.11. The topological polar surface area (TPSA) is 12.0 Å². The van der Waals surface area contributed by atoms with E-state index in [1.165, 1.54) is 57.8 Å². The zero-order valence-corrected chi connectivity index (χ0v) is 13.2. The lowest BCUT2D eigenvalue weighted by Gasteiger charge is -2.41. The van der Waals surface area contributed by atoms with Crippen LogP contribution in [-0.2, 0) is 0 Å². The van der Waals surface area contributed by atoms with E-state index in [0.717, 1.165) is 35.8 Å². The molecule has 0 amide bonds. The molecule has 0 spiro atoms. The molecule has 20 heavy (non-hydrogen) atoms. The van der Waals surface area contributed by atoms with Crippen molar-refractivity contribution < 1.29 is 0 Å². The number of nitrogens with one attached hydrogen (secondary N) is 1. The van der Waals surface area contributed by atoms with Crippen LogP contribution in [0.15, 0.2) is 0 Å². The molecule has 4 rings (SSSR count). The molecule has 4 fully saturated rings. The van der Waals surface area contributed by atoms with Gasteiger partial charge in [0, 0.05) is 12.1 Å². The summed E-state index contributed by atoms with van der Waals surface area (Å²) in [6, 6.07) is 1.79. The number of hydrogen-bond acceptors (Lipinski definition) is 1. The Balaban J connectivity index is 1.39. The summed E-state index contributed by atoms with van der Waals surface area (Å²) in [7, 11) is 0. The first-order chi connectivity index (χ1) is 9.90. The van der Waals surface area contributed by atoms with Crippen LogP contribution in [0.4, 0.5) is 0 Å². The lowest BCUT2D eigenvalue weighted by Crippen LogP contribution is -2.48. The van der Waals surface area contributed by atoms with Crippen LogP contribution in [0.3, 0.4) is 0 Å². The standard InChI is InChI=1S/C19H33N/c1-2-6-15(7-3-1)17-8-4-5-9-18(17)20-19-13-14-10-11-16(19)12-14/h14-20H,1-13H2. The molecule has 1 N–H and O–H groups in total. The van der Waals surface area contributed by atoms with Gasteiger partial charge in [-0.3, -0.25) is 0 Å². The summed E-state index contributed by atoms with van der Waals surface area (Å²) < 4.78 is 0. The highest BCUT2D eigenvalue weighted by Crippen LogP contribution is 2.46. The third-order valence-corrected chi connectivity index (χ3v) is 7.24. The van der Waals surface area contributed by atoms with E-state index in [9.17, 15) is 0 Å². The van der Waals surface area contributed by atoms with Gasteiger partial charge in [-0.2, -0.15) is 0 Å². The number of hydrogen-bond donors (Lipinski definition) is 1. The molecule has 5 unspecified atom stereocenters. The summed E-state index contributed by atoms with van der Waals surface area (Å²) in [6.07, 6.45) is 19.8. The Hall–Kier alpha value is -0.0400. The first-order valence-electron chi connectivity index (χ1n) is 9.66. The van der Waals surface area contributed by atoms with Crippen LogP contribution in [0.5, 0.6) is 0 Å². The third kappa shape index (κ3) is 2.67. The Morgan fingerprint density at radius 3 is 2.10 bits per heavy atom. The van der Waals surface area contributed by atoms with Crippen LogP contribution < -0.4 is 5.32 Å². The van der Waals surface area contributed by atoms with E-state index in [1.807, 2.05) is 0 Å². The molecule has 5 atom stereocenters. The van der Waals surface area contributed by atoms with Crippen molar-refractivity contribution >= 4 is 0 Å². The van der Waals surface area contributed by atoms with E-state index in [-0.39, 0.29) is 0 Å². The molecule has 4 aliphatic rings. The maximum atomic E-state index is 4.20. The molecular formula is C19H33N. The summed E-state index contributed by atoms with van der Waals surface area (Å²) in [4.78, 5) is 0. The van der Waals surface area contributed by atoms with E-state index in [4.69, 9.17) is 0 Å². The van der Waals surface area contributed by atoms with Crippen molar-refractivity contribution in [1.29, 1.82) is 0 Å². The van der Waals surface area contributed by atoms with Gasteiger partial charge in [0.15, 0.2) is 0 Å². The van der Waals surface area contributed by atoms with E-state index >= 15 is 0 Å². The van der Waals surface area contributed by atoms with Gasteiger partial charge in [-0.25, -0.2) is 0 Å². The average molecular weight is 275 g/mol. The van der Waals surface area contributed by atoms with Crippen molar-refractivity contribution in [3.8, 4) is 0 Å². The molecule has 1 nitrogen and oxygen atoms in total. The van der Waals surface area contributed by atoms with Gasteiger partial charge >= 0.3 is 0 Å². The Kier molecular flexibility index (Phi) is 4.07. The SMILES string of the molecule is C1CCC(C2CCCCC2NC2CC3CCC2C3)CC1. The monoisotopic (exact) mass is 275 g/mol. The van der Waals surface area contributed by atoms with Gasteiger partial charge in [0.1, 0.15) is 0 Å². The number of fused-ring (bicyclic) bond motifs is 2. The van der Waals surface area contributed by atoms with Crippen molar-refractivity contribution in [2.45, 2.75) is 95.6 Å². The van der Waals surface area contributed by atoms with E-state index < -0.39 is 0 Å². The van der Waals surface area contributed by atoms with Crippen LogP contribution in [0.1, 0.15) is 83.5 Å². The fourth-order valence-electron chi connectivity index (χ4n) is 6.22. The second kappa shape index (κ2) is 5.99. The molecule has 0 saturated heterocycles. The fourth-order valence-corrected chi connectivity index (χ4v) is 6.22. The Bertz CT molecular complexity index is 320. The van der Waals surface area contributed by atoms with Gasteiger partial charge in [-0.15, -0.1) is 0 Å². The predicted molar refractivity (Wildman–Crippen MR) is 84.7 cm³/mol. The minimum absolute atomic E-state index is 0.885. The minimum Gasteiger partial charge on any atom is -0.311 e. The van der Waals surface area contributed by atoms with Gasteiger partial charge in [-0.1, -0.05) is 51.4 Å². The predicted octanol–water partition coefficient (Wildman–Crippen LogP) is 4.90. The molecule has 0 aliphatic heterocycles. The van der Waals surface area contributed by atoms with Crippen LogP contribution in [-0.4, -0.2) is 12.1 Å². The van der Waals surface area contributed by atoms with Crippen molar-refractivity contribution in [3.63, 3.8) is 0 Å². The lowest BCUT2D eigenvalue weighted by molar-refractivity contribution is 0.133. The normalized spacial score (nSPS) is 45.9. The quantitative estimate of drug-likeness (QED) is 0.772. The van der Waals surface area contributed by atoms with Gasteiger partial charge in [0.05, 0.1) is 0 Å². The smallest absolute Gasteiger partial charge is 0.0101 e. The molecule has 0 heterocycles. The van der Waals surface area contributed by atoms with E-state index in [1.54, 1.807) is 25.7 Å². The highest BCUT2D eigenvalue weighted by molar-refractivity contribution is 4.97. The summed E-state index contributed by atoms with van der Waals surface area (Å²) >= 11 is 0. The van der Waals surface area contributed by atoms with Gasteiger partial charge in [0.25, 0.3) is 0 Å². The molecular weight excluding hydrogens is 242 g/mol. The highest BCUT2D eigenvalue weighted by Gasteiger charge is 2.42. The number of rotatable bonds is 3. The van der Waals surface area contributed by atoms with Crippen LogP contribution in [0.2, 0.25) is 0 Å². The molecule has 4 saturated carbocycles. The second-order valence-corrected chi connectivity index (χ2v) is 8.40. The second-order valence-electron chi connectivity index (χ2n) is 8.40. The minimum atomic E-state index is 0.885. The summed E-state index contributed by atoms with van der Waals surface area (Å²) in [5.41, 5.74) is 0. The van der Waals surface area contributed by atoms with Crippen LogP contribution in [0, 0.1) is 23.7 Å². The van der Waals surface area contributed by atoms with Crippen LogP contribution in [0.25, 0.3) is 0 Å². The van der Waals surface area contributed by atoms with Crippen LogP contribution >= 0.6 is 0 Å². The molecule has 114 valence electrons. The molecule has 0 radical (unpaired) electrons. The van der Waals surface area contributed by atoms with Crippen molar-refractivity contribution in [1.82, 2.24) is 5.32 Å². The zero-order valence-electron chi connectivity index (χ0n) is 13.2. The summed E-state index contributed by atoms with van der Waals surface area (Å²) in [5, 5.41) is 4.20. The highest BCUT2D eigenvalue weighted by atomic mass is 15.0. The maximum absolute atomic E-state index is 4.20. The molecule has 0 aromatic heterocycles. The fraction of sp³-hybridized carbons (Fsp3) is 1.00. The maximum Gasteiger partial charge on any atom is 0.0101 e. The molecule has 0 aromatic carbocycles. The van der Waals surface area contributed by atoms with Crippen molar-refractivity contribution in [2.75, 3.05) is 0 Å². The largest absolute Gasteiger partial charge is 0.311 e. The first kappa shape index (κ1) is 13.6. The van der Waals surface area contributed by atoms with Gasteiger partial charge in [-0.05, 0) is 55.8 Å². The van der Waals surface area contributed by atoms with Crippen molar-refractivity contribution in [3.05, 3.63) is 0 Å². The lowest BCUT2D eigenvalue weighted by atomic mass is 9.70.